The molecule has 0 unspecified atom stereocenters. The topological polar surface area (TPSA) is 93.9 Å². The summed E-state index contributed by atoms with van der Waals surface area (Å²) in [6, 6.07) is 15.4. The van der Waals surface area contributed by atoms with E-state index in [-0.39, 0.29) is 34.3 Å². The van der Waals surface area contributed by atoms with E-state index < -0.39 is 23.3 Å². The van der Waals surface area contributed by atoms with Gasteiger partial charge in [-0.25, -0.2) is 4.39 Å². The van der Waals surface area contributed by atoms with Crippen LogP contribution in [0.1, 0.15) is 42.4 Å². The van der Waals surface area contributed by atoms with Crippen molar-refractivity contribution in [2.45, 2.75) is 49.9 Å². The zero-order valence-electron chi connectivity index (χ0n) is 21.2. The fraction of sp³-hybridized carbons (Fsp3) is 0.345. The van der Waals surface area contributed by atoms with Gasteiger partial charge in [0.15, 0.2) is 17.0 Å². The highest BCUT2D eigenvalue weighted by atomic mass is 35.5. The summed E-state index contributed by atoms with van der Waals surface area (Å²) < 4.78 is 26.0. The van der Waals surface area contributed by atoms with Crippen molar-refractivity contribution in [1.29, 1.82) is 0 Å². The number of nitro groups is 1. The van der Waals surface area contributed by atoms with Gasteiger partial charge in [0.2, 0.25) is 0 Å². The number of rotatable bonds is 7. The van der Waals surface area contributed by atoms with Gasteiger partial charge in [0.25, 0.3) is 11.9 Å². The number of anilines is 1. The standard InChI is InChI=1S/C29H27ClFN3O5/c1-2-38-24-15-18(14-20(30)26(24)39-16-17-8-3-5-10-21(17)31)25-23-12-7-13-33(23)29(27(25)34(36)37)19-9-4-6-11-22(19)32-28(29)35/h3-6,8-11,14-15,23,25,27H,2,7,12-13,16H2,1H3,(H,32,35)/t23-,25+,27+,29-/m0/s1. The first-order chi connectivity index (χ1) is 18.9. The summed E-state index contributed by atoms with van der Waals surface area (Å²) in [5, 5.41) is 16.0. The van der Waals surface area contributed by atoms with Gasteiger partial charge in [-0.2, -0.15) is 0 Å². The highest BCUT2D eigenvalue weighted by Crippen LogP contribution is 2.58. The maximum absolute atomic E-state index is 14.2. The van der Waals surface area contributed by atoms with Crippen LogP contribution in [0, 0.1) is 15.9 Å². The first-order valence-corrected chi connectivity index (χ1v) is 13.4. The lowest BCUT2D eigenvalue weighted by molar-refractivity contribution is -0.534. The molecule has 0 aliphatic carbocycles. The van der Waals surface area contributed by atoms with E-state index in [0.717, 1.165) is 6.42 Å². The number of hydrogen-bond donors (Lipinski definition) is 1. The molecule has 3 aromatic carbocycles. The molecule has 3 aliphatic rings. The molecule has 0 radical (unpaired) electrons. The first-order valence-electron chi connectivity index (χ1n) is 13.0. The molecule has 0 aromatic heterocycles. The molecule has 2 saturated heterocycles. The minimum absolute atomic E-state index is 0.0662. The first kappa shape index (κ1) is 25.6. The van der Waals surface area contributed by atoms with Gasteiger partial charge in [0, 0.05) is 34.3 Å². The van der Waals surface area contributed by atoms with Gasteiger partial charge in [-0.1, -0.05) is 48.0 Å². The average Bonchev–Trinajstić information content (AvgIpc) is 3.57. The quantitative estimate of drug-likeness (QED) is 0.307. The fourth-order valence-corrected chi connectivity index (χ4v) is 7.00. The summed E-state index contributed by atoms with van der Waals surface area (Å²) in [6.07, 6.45) is 1.53. The van der Waals surface area contributed by atoms with E-state index in [1.165, 1.54) is 6.07 Å². The summed E-state index contributed by atoms with van der Waals surface area (Å²) in [4.78, 5) is 28.2. The number of fused-ring (bicyclic) bond motifs is 4. The maximum Gasteiger partial charge on any atom is 0.256 e. The smallest absolute Gasteiger partial charge is 0.256 e. The van der Waals surface area contributed by atoms with Crippen LogP contribution in [0.5, 0.6) is 11.5 Å². The average molecular weight is 552 g/mol. The van der Waals surface area contributed by atoms with Crippen molar-refractivity contribution < 1.29 is 23.6 Å². The molecule has 8 nitrogen and oxygen atoms in total. The Morgan fingerprint density at radius 2 is 1.95 bits per heavy atom. The normalized spacial score (nSPS) is 25.4. The second-order valence-corrected chi connectivity index (χ2v) is 10.5. The molecule has 6 rings (SSSR count). The number of nitrogens with one attached hydrogen (secondary N) is 1. The molecule has 1 N–H and O–H groups in total. The molecule has 10 heteroatoms. The largest absolute Gasteiger partial charge is 0.490 e. The number of ether oxygens (including phenoxy) is 2. The number of para-hydroxylation sites is 1. The monoisotopic (exact) mass is 551 g/mol. The van der Waals surface area contributed by atoms with Crippen LogP contribution < -0.4 is 14.8 Å². The van der Waals surface area contributed by atoms with E-state index >= 15 is 0 Å². The van der Waals surface area contributed by atoms with Gasteiger partial charge in [0.1, 0.15) is 12.4 Å². The van der Waals surface area contributed by atoms with Crippen molar-refractivity contribution in [3.63, 3.8) is 0 Å². The van der Waals surface area contributed by atoms with E-state index in [4.69, 9.17) is 21.1 Å². The highest BCUT2D eigenvalue weighted by Gasteiger charge is 2.73. The molecule has 39 heavy (non-hydrogen) atoms. The lowest BCUT2D eigenvalue weighted by Gasteiger charge is -2.32. The van der Waals surface area contributed by atoms with Gasteiger partial charge >= 0.3 is 0 Å². The van der Waals surface area contributed by atoms with Gasteiger partial charge < -0.3 is 14.8 Å². The minimum atomic E-state index is -1.43. The van der Waals surface area contributed by atoms with Gasteiger partial charge in [-0.3, -0.25) is 19.8 Å². The zero-order chi connectivity index (χ0) is 27.3. The Balaban J connectivity index is 1.45. The summed E-state index contributed by atoms with van der Waals surface area (Å²) in [7, 11) is 0. The molecule has 3 aliphatic heterocycles. The second-order valence-electron chi connectivity index (χ2n) is 10.1. The summed E-state index contributed by atoms with van der Waals surface area (Å²) >= 11 is 6.72. The van der Waals surface area contributed by atoms with Crippen LogP contribution in [0.4, 0.5) is 10.1 Å². The van der Waals surface area contributed by atoms with Crippen molar-refractivity contribution in [1.82, 2.24) is 4.90 Å². The summed E-state index contributed by atoms with van der Waals surface area (Å²) in [5.41, 5.74) is 0.773. The molecule has 1 amide bonds. The highest BCUT2D eigenvalue weighted by molar-refractivity contribution is 6.32. The molecule has 202 valence electrons. The lowest BCUT2D eigenvalue weighted by atomic mass is 9.77. The Hall–Kier alpha value is -3.69. The minimum Gasteiger partial charge on any atom is -0.490 e. The number of benzene rings is 3. The molecule has 1 spiro atoms. The zero-order valence-corrected chi connectivity index (χ0v) is 22.0. The van der Waals surface area contributed by atoms with Crippen LogP contribution in [0.25, 0.3) is 0 Å². The van der Waals surface area contributed by atoms with Gasteiger partial charge in [-0.05, 0) is 49.6 Å². The van der Waals surface area contributed by atoms with E-state index in [1.54, 1.807) is 48.5 Å². The van der Waals surface area contributed by atoms with Crippen molar-refractivity contribution in [3.05, 3.63) is 98.3 Å². The van der Waals surface area contributed by atoms with Crippen LogP contribution >= 0.6 is 11.6 Å². The van der Waals surface area contributed by atoms with Crippen molar-refractivity contribution >= 4 is 23.2 Å². The molecule has 0 saturated carbocycles. The molecule has 3 heterocycles. The van der Waals surface area contributed by atoms with Crippen LogP contribution in [-0.2, 0) is 16.9 Å². The molecular weight excluding hydrogens is 525 g/mol. The van der Waals surface area contributed by atoms with Crippen molar-refractivity contribution in [2.24, 2.45) is 0 Å². The SMILES string of the molecule is CCOc1cc([C@@H]2[C@@H]3CCCN3[C@]3(C(=O)Nc4ccccc43)[C@@H]2[N+](=O)[O-])cc(Cl)c1OCc1ccccc1F. The summed E-state index contributed by atoms with van der Waals surface area (Å²) in [5.74, 6) is -0.842. The van der Waals surface area contributed by atoms with E-state index in [2.05, 4.69) is 5.32 Å². The molecule has 4 atom stereocenters. The Morgan fingerprint density at radius 3 is 2.72 bits per heavy atom. The Bertz CT molecular complexity index is 1470. The number of nitrogens with zero attached hydrogens (tertiary/aromatic N) is 2. The second kappa shape index (κ2) is 9.81. The number of halogens is 2. The lowest BCUT2D eigenvalue weighted by Crippen LogP contribution is -2.55. The Morgan fingerprint density at radius 1 is 1.18 bits per heavy atom. The van der Waals surface area contributed by atoms with Crippen LogP contribution in [-0.4, -0.2) is 41.0 Å². The fourth-order valence-electron chi connectivity index (χ4n) is 6.72. The van der Waals surface area contributed by atoms with E-state index in [0.29, 0.717) is 47.7 Å². The Labute approximate surface area is 229 Å². The van der Waals surface area contributed by atoms with E-state index in [9.17, 15) is 19.3 Å². The number of hydrogen-bond acceptors (Lipinski definition) is 6. The van der Waals surface area contributed by atoms with Crippen molar-refractivity contribution in [3.8, 4) is 11.5 Å². The van der Waals surface area contributed by atoms with Crippen molar-refractivity contribution in [2.75, 3.05) is 18.5 Å². The van der Waals surface area contributed by atoms with Gasteiger partial charge in [-0.15, -0.1) is 0 Å². The van der Waals surface area contributed by atoms with E-state index in [1.807, 2.05) is 17.9 Å². The van der Waals surface area contributed by atoms with Crippen LogP contribution in [0.2, 0.25) is 5.02 Å². The number of carbonyl (C=O) groups is 1. The molecule has 2 fully saturated rings. The number of amides is 1. The molecule has 3 aromatic rings. The van der Waals surface area contributed by atoms with Gasteiger partial charge in [0.05, 0.1) is 17.5 Å². The number of carbonyl (C=O) groups excluding carboxylic acids is 1. The van der Waals surface area contributed by atoms with Crippen LogP contribution in [0.3, 0.4) is 0 Å². The van der Waals surface area contributed by atoms with Crippen LogP contribution in [0.15, 0.2) is 60.7 Å². The predicted octanol–water partition coefficient (Wildman–Crippen LogP) is 5.51. The third kappa shape index (κ3) is 3.86. The third-order valence-corrected chi connectivity index (χ3v) is 8.42. The predicted molar refractivity (Wildman–Crippen MR) is 143 cm³/mol. The molecular formula is C29H27ClFN3O5. The molecule has 0 bridgehead atoms. The maximum atomic E-state index is 14.2. The Kier molecular flexibility index (Phi) is 6.43. The summed E-state index contributed by atoms with van der Waals surface area (Å²) in [6.45, 7) is 2.62. The third-order valence-electron chi connectivity index (χ3n) is 8.14.